The molecule has 1 rings (SSSR count). The van der Waals surface area contributed by atoms with Crippen LogP contribution in [-0.4, -0.2) is 16.9 Å². The number of halogens is 1. The number of hydrogen-bond donors (Lipinski definition) is 2. The second kappa shape index (κ2) is 6.79. The minimum Gasteiger partial charge on any atom is -0.327 e. The van der Waals surface area contributed by atoms with Gasteiger partial charge >= 0.3 is 5.69 Å². The van der Waals surface area contributed by atoms with E-state index < -0.39 is 16.4 Å². The van der Waals surface area contributed by atoms with E-state index in [9.17, 15) is 19.3 Å². The molecule has 1 unspecified atom stereocenters. The summed E-state index contributed by atoms with van der Waals surface area (Å²) >= 11 is 0. The number of amides is 1. The van der Waals surface area contributed by atoms with Crippen molar-refractivity contribution in [2.45, 2.75) is 32.2 Å². The number of carbonyl (C=O) groups excluding carboxylic acids is 1. The highest BCUT2D eigenvalue weighted by Crippen LogP contribution is 2.20. The molecule has 6 nitrogen and oxygen atoms in total. The average molecular weight is 269 g/mol. The first-order chi connectivity index (χ1) is 8.93. The zero-order valence-corrected chi connectivity index (χ0v) is 10.6. The van der Waals surface area contributed by atoms with Crippen molar-refractivity contribution >= 4 is 17.3 Å². The molecule has 0 aromatic heterocycles. The molecule has 3 N–H and O–H groups in total. The highest BCUT2D eigenvalue weighted by molar-refractivity contribution is 5.91. The minimum atomic E-state index is -0.986. The molecule has 1 aromatic carbocycles. The standard InChI is InChI=1S/C12H16FN3O3/c1-2-3-8(14)6-12(17)15-9-4-5-11(16(18)19)10(13)7-9/h4-5,7-8H,2-3,6,14H2,1H3,(H,15,17). The lowest BCUT2D eigenvalue weighted by molar-refractivity contribution is -0.387. The molecule has 0 aliphatic carbocycles. The van der Waals surface area contributed by atoms with Crippen LogP contribution in [0.1, 0.15) is 26.2 Å². The number of rotatable bonds is 6. The number of nitrogens with two attached hydrogens (primary N) is 1. The summed E-state index contributed by atoms with van der Waals surface area (Å²) in [7, 11) is 0. The predicted molar refractivity (Wildman–Crippen MR) is 69.2 cm³/mol. The van der Waals surface area contributed by atoms with Gasteiger partial charge in [-0.1, -0.05) is 13.3 Å². The normalized spacial score (nSPS) is 11.9. The van der Waals surface area contributed by atoms with E-state index in [1.165, 1.54) is 6.07 Å². The van der Waals surface area contributed by atoms with Gasteiger partial charge in [-0.2, -0.15) is 4.39 Å². The van der Waals surface area contributed by atoms with Gasteiger partial charge in [0.05, 0.1) is 4.92 Å². The van der Waals surface area contributed by atoms with Crippen LogP contribution in [0.4, 0.5) is 15.8 Å². The number of nitrogens with one attached hydrogen (secondary N) is 1. The van der Waals surface area contributed by atoms with Crippen molar-refractivity contribution in [2.24, 2.45) is 5.73 Å². The number of carbonyl (C=O) groups is 1. The summed E-state index contributed by atoms with van der Waals surface area (Å²) in [6, 6.07) is 2.97. The molecular weight excluding hydrogens is 253 g/mol. The summed E-state index contributed by atoms with van der Waals surface area (Å²) in [5.74, 6) is -1.32. The van der Waals surface area contributed by atoms with Gasteiger partial charge in [0.25, 0.3) is 0 Å². The SMILES string of the molecule is CCCC(N)CC(=O)Nc1ccc([N+](=O)[O-])c(F)c1. The van der Waals surface area contributed by atoms with Crippen molar-refractivity contribution in [3.8, 4) is 0 Å². The Kier molecular flexibility index (Phi) is 5.37. The van der Waals surface area contributed by atoms with Gasteiger partial charge in [-0.3, -0.25) is 14.9 Å². The number of nitro groups is 1. The molecule has 0 spiro atoms. The van der Waals surface area contributed by atoms with Crippen molar-refractivity contribution in [3.05, 3.63) is 34.1 Å². The zero-order chi connectivity index (χ0) is 14.4. The molecule has 0 aliphatic rings. The van der Waals surface area contributed by atoms with E-state index in [1.807, 2.05) is 6.92 Å². The first-order valence-electron chi connectivity index (χ1n) is 5.93. The molecule has 0 heterocycles. The molecule has 0 saturated carbocycles. The Labute approximate surface area is 109 Å². The van der Waals surface area contributed by atoms with Crippen LogP contribution in [-0.2, 0) is 4.79 Å². The molecule has 0 radical (unpaired) electrons. The van der Waals surface area contributed by atoms with Crippen LogP contribution in [0.15, 0.2) is 18.2 Å². The highest BCUT2D eigenvalue weighted by atomic mass is 19.1. The van der Waals surface area contributed by atoms with E-state index >= 15 is 0 Å². The Morgan fingerprint density at radius 1 is 1.58 bits per heavy atom. The summed E-state index contributed by atoms with van der Waals surface area (Å²) in [5, 5.41) is 12.9. The van der Waals surface area contributed by atoms with Crippen LogP contribution < -0.4 is 11.1 Å². The third-order valence-corrected chi connectivity index (χ3v) is 2.54. The summed E-state index contributed by atoms with van der Waals surface area (Å²) in [6.07, 6.45) is 1.73. The topological polar surface area (TPSA) is 98.3 Å². The first-order valence-corrected chi connectivity index (χ1v) is 5.93. The van der Waals surface area contributed by atoms with Crippen molar-refractivity contribution in [2.75, 3.05) is 5.32 Å². The molecule has 1 amide bonds. The minimum absolute atomic E-state index is 0.131. The van der Waals surface area contributed by atoms with E-state index in [2.05, 4.69) is 5.32 Å². The van der Waals surface area contributed by atoms with Crippen LogP contribution in [0.5, 0.6) is 0 Å². The van der Waals surface area contributed by atoms with Gasteiger partial charge in [0, 0.05) is 30.3 Å². The fourth-order valence-electron chi connectivity index (χ4n) is 1.66. The third kappa shape index (κ3) is 4.63. The van der Waals surface area contributed by atoms with Crippen LogP contribution >= 0.6 is 0 Å². The maximum absolute atomic E-state index is 13.3. The van der Waals surface area contributed by atoms with Crippen LogP contribution in [0.2, 0.25) is 0 Å². The third-order valence-electron chi connectivity index (χ3n) is 2.54. The molecule has 19 heavy (non-hydrogen) atoms. The van der Waals surface area contributed by atoms with Gasteiger partial charge in [0.15, 0.2) is 0 Å². The van der Waals surface area contributed by atoms with Gasteiger partial charge < -0.3 is 11.1 Å². The van der Waals surface area contributed by atoms with Gasteiger partial charge in [-0.25, -0.2) is 0 Å². The van der Waals surface area contributed by atoms with Crippen molar-refractivity contribution in [3.63, 3.8) is 0 Å². The van der Waals surface area contributed by atoms with Crippen LogP contribution in [0, 0.1) is 15.9 Å². The quantitative estimate of drug-likeness (QED) is 0.610. The van der Waals surface area contributed by atoms with Gasteiger partial charge in [-0.05, 0) is 12.5 Å². The fourth-order valence-corrected chi connectivity index (χ4v) is 1.66. The summed E-state index contributed by atoms with van der Waals surface area (Å²) in [5.41, 5.74) is 5.26. The maximum atomic E-state index is 13.3. The van der Waals surface area contributed by atoms with Gasteiger partial charge in [0.2, 0.25) is 11.7 Å². The van der Waals surface area contributed by atoms with Crippen LogP contribution in [0.3, 0.4) is 0 Å². The van der Waals surface area contributed by atoms with Crippen molar-refractivity contribution in [1.29, 1.82) is 0 Å². The molecule has 1 aromatic rings. The van der Waals surface area contributed by atoms with E-state index in [4.69, 9.17) is 5.73 Å². The molecule has 7 heteroatoms. The van der Waals surface area contributed by atoms with E-state index in [-0.39, 0.29) is 24.1 Å². The van der Waals surface area contributed by atoms with Gasteiger partial charge in [0.1, 0.15) is 0 Å². The molecule has 0 aliphatic heterocycles. The molecule has 0 bridgehead atoms. The Hall–Kier alpha value is -2.02. The number of benzene rings is 1. The van der Waals surface area contributed by atoms with E-state index in [1.54, 1.807) is 0 Å². The number of hydrogen-bond acceptors (Lipinski definition) is 4. The van der Waals surface area contributed by atoms with E-state index in [0.717, 1.165) is 25.0 Å². The Bertz CT molecular complexity index is 479. The first kappa shape index (κ1) is 15.0. The summed E-state index contributed by atoms with van der Waals surface area (Å²) in [4.78, 5) is 21.2. The largest absolute Gasteiger partial charge is 0.327 e. The lowest BCUT2D eigenvalue weighted by Gasteiger charge is -2.10. The lowest BCUT2D eigenvalue weighted by Crippen LogP contribution is -2.26. The molecule has 1 atom stereocenters. The highest BCUT2D eigenvalue weighted by Gasteiger charge is 2.15. The lowest BCUT2D eigenvalue weighted by atomic mass is 10.1. The van der Waals surface area contributed by atoms with Gasteiger partial charge in [-0.15, -0.1) is 0 Å². The summed E-state index contributed by atoms with van der Waals surface area (Å²) < 4.78 is 13.3. The van der Waals surface area contributed by atoms with Crippen molar-refractivity contribution in [1.82, 2.24) is 0 Å². The van der Waals surface area contributed by atoms with Crippen molar-refractivity contribution < 1.29 is 14.1 Å². The van der Waals surface area contributed by atoms with Crippen LogP contribution in [0.25, 0.3) is 0 Å². The number of nitrogens with zero attached hydrogens (tertiary/aromatic N) is 1. The second-order valence-corrected chi connectivity index (χ2v) is 4.22. The Morgan fingerprint density at radius 2 is 2.26 bits per heavy atom. The average Bonchev–Trinajstić information content (AvgIpc) is 2.28. The fraction of sp³-hybridized carbons (Fsp3) is 0.417. The smallest absolute Gasteiger partial charge is 0.304 e. The number of anilines is 1. The number of nitro benzene ring substituents is 1. The van der Waals surface area contributed by atoms with E-state index in [0.29, 0.717) is 0 Å². The Morgan fingerprint density at radius 3 is 2.79 bits per heavy atom. The molecular formula is C12H16FN3O3. The zero-order valence-electron chi connectivity index (χ0n) is 10.6. The molecule has 0 saturated heterocycles. The maximum Gasteiger partial charge on any atom is 0.304 e. The molecule has 104 valence electrons. The Balaban J connectivity index is 2.65. The molecule has 0 fully saturated rings. The predicted octanol–water partition coefficient (Wildman–Crippen LogP) is 2.19. The monoisotopic (exact) mass is 269 g/mol. The second-order valence-electron chi connectivity index (χ2n) is 4.22. The summed E-state index contributed by atoms with van der Waals surface area (Å²) in [6.45, 7) is 1.96.